The van der Waals surface area contributed by atoms with E-state index in [1.165, 1.54) is 12.8 Å². The predicted octanol–water partition coefficient (Wildman–Crippen LogP) is 2.74. The molecule has 3 nitrogen and oxygen atoms in total. The summed E-state index contributed by atoms with van der Waals surface area (Å²) >= 11 is 0. The van der Waals surface area contributed by atoms with Crippen molar-refractivity contribution in [1.82, 2.24) is 9.78 Å². The Hall–Kier alpha value is -1.12. The van der Waals surface area contributed by atoms with Gasteiger partial charge in [-0.2, -0.15) is 5.10 Å². The minimum Gasteiger partial charge on any atom is -0.294 e. The van der Waals surface area contributed by atoms with E-state index in [1.54, 1.807) is 4.68 Å². The predicted molar refractivity (Wildman–Crippen MR) is 63.4 cm³/mol. The van der Waals surface area contributed by atoms with Gasteiger partial charge in [-0.15, -0.1) is 0 Å². The third kappa shape index (κ3) is 2.18. The van der Waals surface area contributed by atoms with Gasteiger partial charge >= 0.3 is 0 Å². The molecule has 3 heteroatoms. The maximum atomic E-state index is 12.3. The molecule has 1 aliphatic rings. The Morgan fingerprint density at radius 1 is 1.38 bits per heavy atom. The van der Waals surface area contributed by atoms with Gasteiger partial charge in [-0.25, -0.2) is 0 Å². The first-order chi connectivity index (χ1) is 7.58. The molecule has 0 N–H and O–H groups in total. The summed E-state index contributed by atoms with van der Waals surface area (Å²) in [7, 11) is 1.87. The summed E-state index contributed by atoms with van der Waals surface area (Å²) in [5.74, 6) is 1.33. The zero-order valence-corrected chi connectivity index (χ0v) is 10.4. The number of rotatable bonds is 2. The van der Waals surface area contributed by atoms with Gasteiger partial charge in [0.2, 0.25) is 0 Å². The largest absolute Gasteiger partial charge is 0.294 e. The van der Waals surface area contributed by atoms with Crippen LogP contribution in [-0.4, -0.2) is 15.6 Å². The first-order valence-corrected chi connectivity index (χ1v) is 6.12. The lowest BCUT2D eigenvalue weighted by atomic mass is 9.79. The van der Waals surface area contributed by atoms with Crippen LogP contribution in [0.3, 0.4) is 0 Å². The lowest BCUT2D eigenvalue weighted by Crippen LogP contribution is -2.21. The van der Waals surface area contributed by atoms with Crippen molar-refractivity contribution in [3.63, 3.8) is 0 Å². The highest BCUT2D eigenvalue weighted by molar-refractivity contribution is 5.98. The Labute approximate surface area is 96.8 Å². The molecule has 1 aliphatic carbocycles. The number of carbonyl (C=O) groups excluding carboxylic acids is 1. The van der Waals surface area contributed by atoms with Crippen molar-refractivity contribution in [2.75, 3.05) is 0 Å². The number of Topliss-reactive ketones (excluding diaryl/α,β-unsaturated/α-hetero) is 1. The number of hydrogen-bond acceptors (Lipinski definition) is 2. The van der Waals surface area contributed by atoms with Crippen LogP contribution in [0.15, 0.2) is 6.20 Å². The molecule has 1 saturated carbocycles. The molecule has 0 saturated heterocycles. The minimum atomic E-state index is 0.235. The number of nitrogens with zero attached hydrogens (tertiary/aromatic N) is 2. The Morgan fingerprint density at radius 2 is 2.00 bits per heavy atom. The number of aryl methyl sites for hydroxylation is 2. The fourth-order valence-electron chi connectivity index (χ4n) is 2.58. The summed E-state index contributed by atoms with van der Waals surface area (Å²) in [6, 6.07) is 0. The molecule has 1 heterocycles. The van der Waals surface area contributed by atoms with E-state index in [2.05, 4.69) is 12.0 Å². The topological polar surface area (TPSA) is 34.9 Å². The molecular weight excluding hydrogens is 200 g/mol. The van der Waals surface area contributed by atoms with Crippen LogP contribution < -0.4 is 0 Å². The van der Waals surface area contributed by atoms with Crippen LogP contribution in [0.25, 0.3) is 0 Å². The maximum Gasteiger partial charge on any atom is 0.169 e. The van der Waals surface area contributed by atoms with Crippen molar-refractivity contribution >= 4 is 5.78 Å². The van der Waals surface area contributed by atoms with Gasteiger partial charge in [0.15, 0.2) is 5.78 Å². The summed E-state index contributed by atoms with van der Waals surface area (Å²) < 4.78 is 1.73. The summed E-state index contributed by atoms with van der Waals surface area (Å²) in [6.07, 6.45) is 6.34. The monoisotopic (exact) mass is 220 g/mol. The van der Waals surface area contributed by atoms with Crippen LogP contribution in [0.1, 0.15) is 48.7 Å². The summed E-state index contributed by atoms with van der Waals surface area (Å²) in [6.45, 7) is 4.19. The van der Waals surface area contributed by atoms with Crippen molar-refractivity contribution in [3.8, 4) is 0 Å². The number of aromatic nitrogens is 2. The smallest absolute Gasteiger partial charge is 0.169 e. The molecule has 88 valence electrons. The number of carbonyl (C=O) groups is 1. The van der Waals surface area contributed by atoms with Crippen LogP contribution >= 0.6 is 0 Å². The summed E-state index contributed by atoms with van der Waals surface area (Å²) in [5.41, 5.74) is 1.69. The van der Waals surface area contributed by atoms with Crippen LogP contribution in [0.4, 0.5) is 0 Å². The first-order valence-electron chi connectivity index (χ1n) is 6.12. The van der Waals surface area contributed by atoms with Gasteiger partial charge in [-0.1, -0.05) is 19.8 Å². The molecule has 0 radical (unpaired) electrons. The molecule has 16 heavy (non-hydrogen) atoms. The van der Waals surface area contributed by atoms with Gasteiger partial charge in [0.05, 0.1) is 11.3 Å². The number of ketones is 1. The van der Waals surface area contributed by atoms with Crippen LogP contribution in [-0.2, 0) is 7.05 Å². The van der Waals surface area contributed by atoms with E-state index in [9.17, 15) is 4.79 Å². The maximum absolute atomic E-state index is 12.3. The Balaban J connectivity index is 2.10. The van der Waals surface area contributed by atoms with E-state index in [0.29, 0.717) is 5.78 Å². The zero-order valence-electron chi connectivity index (χ0n) is 10.4. The van der Waals surface area contributed by atoms with Crippen molar-refractivity contribution in [3.05, 3.63) is 17.5 Å². The third-order valence-corrected chi connectivity index (χ3v) is 3.67. The SMILES string of the molecule is Cc1nn(C)cc1C(=O)C1CCC(C)CC1. The minimum absolute atomic E-state index is 0.235. The van der Waals surface area contributed by atoms with E-state index >= 15 is 0 Å². The highest BCUT2D eigenvalue weighted by Crippen LogP contribution is 2.30. The second-order valence-electron chi connectivity index (χ2n) is 5.12. The van der Waals surface area contributed by atoms with Gasteiger partial charge in [-0.05, 0) is 25.7 Å². The molecule has 0 aliphatic heterocycles. The molecule has 0 atom stereocenters. The van der Waals surface area contributed by atoms with Crippen LogP contribution in [0, 0.1) is 18.8 Å². The summed E-state index contributed by atoms with van der Waals surface area (Å²) in [4.78, 5) is 12.3. The van der Waals surface area contributed by atoms with E-state index in [0.717, 1.165) is 30.0 Å². The van der Waals surface area contributed by atoms with Crippen LogP contribution in [0.5, 0.6) is 0 Å². The zero-order chi connectivity index (χ0) is 11.7. The quantitative estimate of drug-likeness (QED) is 0.718. The average Bonchev–Trinajstić information content (AvgIpc) is 2.58. The molecule has 1 fully saturated rings. The van der Waals surface area contributed by atoms with E-state index < -0.39 is 0 Å². The van der Waals surface area contributed by atoms with Gasteiger partial charge in [0, 0.05) is 19.2 Å². The molecule has 0 unspecified atom stereocenters. The molecular formula is C13H20N2O. The van der Waals surface area contributed by atoms with E-state index in [1.807, 2.05) is 20.2 Å². The van der Waals surface area contributed by atoms with Crippen molar-refractivity contribution < 1.29 is 4.79 Å². The standard InChI is InChI=1S/C13H20N2O/c1-9-4-6-11(7-5-9)13(16)12-8-15(3)14-10(12)2/h8-9,11H,4-7H2,1-3H3. The molecule has 0 spiro atoms. The Kier molecular flexibility index (Phi) is 3.13. The lowest BCUT2D eigenvalue weighted by Gasteiger charge is -2.24. The van der Waals surface area contributed by atoms with Gasteiger partial charge in [-0.3, -0.25) is 9.48 Å². The van der Waals surface area contributed by atoms with Crippen molar-refractivity contribution in [2.24, 2.45) is 18.9 Å². The first kappa shape index (κ1) is 11.4. The fraction of sp³-hybridized carbons (Fsp3) is 0.692. The van der Waals surface area contributed by atoms with Gasteiger partial charge in [0.1, 0.15) is 0 Å². The lowest BCUT2D eigenvalue weighted by molar-refractivity contribution is 0.0875. The van der Waals surface area contributed by atoms with Crippen molar-refractivity contribution in [2.45, 2.75) is 39.5 Å². The highest BCUT2D eigenvalue weighted by atomic mass is 16.1. The molecule has 1 aromatic rings. The second-order valence-corrected chi connectivity index (χ2v) is 5.12. The van der Waals surface area contributed by atoms with Gasteiger partial charge in [0.25, 0.3) is 0 Å². The third-order valence-electron chi connectivity index (χ3n) is 3.67. The van der Waals surface area contributed by atoms with E-state index in [4.69, 9.17) is 0 Å². The molecule has 0 aromatic carbocycles. The van der Waals surface area contributed by atoms with Gasteiger partial charge < -0.3 is 0 Å². The Bertz CT molecular complexity index is 387. The Morgan fingerprint density at radius 3 is 2.50 bits per heavy atom. The molecule has 1 aromatic heterocycles. The summed E-state index contributed by atoms with van der Waals surface area (Å²) in [5, 5.41) is 4.24. The molecule has 0 bridgehead atoms. The normalized spacial score (nSPS) is 25.7. The van der Waals surface area contributed by atoms with Crippen LogP contribution in [0.2, 0.25) is 0 Å². The second kappa shape index (κ2) is 4.40. The van der Waals surface area contributed by atoms with E-state index in [-0.39, 0.29) is 5.92 Å². The van der Waals surface area contributed by atoms with Crippen molar-refractivity contribution in [1.29, 1.82) is 0 Å². The number of hydrogen-bond donors (Lipinski definition) is 0. The molecule has 0 amide bonds. The molecule has 2 rings (SSSR count). The average molecular weight is 220 g/mol. The highest BCUT2D eigenvalue weighted by Gasteiger charge is 2.26. The fourth-order valence-corrected chi connectivity index (χ4v) is 2.58.